The first-order valence-electron chi connectivity index (χ1n) is 6.23. The third-order valence-corrected chi connectivity index (χ3v) is 4.16. The summed E-state index contributed by atoms with van der Waals surface area (Å²) < 4.78 is 44.7. The predicted octanol–water partition coefficient (Wildman–Crippen LogP) is 1.73. The lowest BCUT2D eigenvalue weighted by molar-refractivity contribution is 0.0988. The fourth-order valence-electron chi connectivity index (χ4n) is 1.59. The highest BCUT2D eigenvalue weighted by Crippen LogP contribution is 2.17. The highest BCUT2D eigenvalue weighted by Gasteiger charge is 2.20. The van der Waals surface area contributed by atoms with Crippen LogP contribution in [-0.4, -0.2) is 34.5 Å². The number of halogens is 1. The first kappa shape index (κ1) is 16.7. The summed E-state index contributed by atoms with van der Waals surface area (Å²) in [5.41, 5.74) is 0.186. The molecule has 0 aliphatic carbocycles. The molecule has 0 amide bonds. The van der Waals surface area contributed by atoms with Crippen LogP contribution in [0.15, 0.2) is 23.1 Å². The summed E-state index contributed by atoms with van der Waals surface area (Å²) in [5.74, 6) is -1.11. The maximum absolute atomic E-state index is 13.7. The van der Waals surface area contributed by atoms with Gasteiger partial charge in [0, 0.05) is 32.2 Å². The molecule has 0 aliphatic heterocycles. The minimum atomic E-state index is -3.97. The summed E-state index contributed by atoms with van der Waals surface area (Å²) in [6.45, 7) is 2.20. The number of ketones is 1. The van der Waals surface area contributed by atoms with Gasteiger partial charge in [0.05, 0.1) is 0 Å². The summed E-state index contributed by atoms with van der Waals surface area (Å²) in [6.07, 6.45) is 0.706. The van der Waals surface area contributed by atoms with Crippen LogP contribution in [0.5, 0.6) is 0 Å². The van der Waals surface area contributed by atoms with Crippen molar-refractivity contribution in [3.8, 4) is 0 Å². The molecule has 1 aromatic rings. The highest BCUT2D eigenvalue weighted by molar-refractivity contribution is 7.89. The van der Waals surface area contributed by atoms with Crippen LogP contribution in [-0.2, 0) is 14.8 Å². The van der Waals surface area contributed by atoms with Gasteiger partial charge >= 0.3 is 0 Å². The molecule has 112 valence electrons. The first-order valence-corrected chi connectivity index (χ1v) is 7.72. The lowest BCUT2D eigenvalue weighted by Crippen LogP contribution is -2.26. The second kappa shape index (κ2) is 7.47. The van der Waals surface area contributed by atoms with Crippen LogP contribution < -0.4 is 4.72 Å². The molecule has 0 saturated heterocycles. The van der Waals surface area contributed by atoms with Gasteiger partial charge in [0.1, 0.15) is 10.7 Å². The molecule has 7 heteroatoms. The lowest BCUT2D eigenvalue weighted by atomic mass is 10.1. The molecule has 1 aromatic carbocycles. The molecule has 0 heterocycles. The molecule has 5 nitrogen and oxygen atoms in total. The van der Waals surface area contributed by atoms with Crippen LogP contribution >= 0.6 is 0 Å². The number of hydrogen-bond donors (Lipinski definition) is 1. The molecular formula is C13H18FNO4S. The Labute approximate surface area is 118 Å². The Morgan fingerprint density at radius 2 is 2.10 bits per heavy atom. The molecule has 0 bridgehead atoms. The molecule has 0 saturated carbocycles. The number of ether oxygens (including phenoxy) is 1. The average Bonchev–Trinajstić information content (AvgIpc) is 2.43. The zero-order valence-corrected chi connectivity index (χ0v) is 12.3. The van der Waals surface area contributed by atoms with Gasteiger partial charge in [-0.15, -0.1) is 0 Å². The summed E-state index contributed by atoms with van der Waals surface area (Å²) in [5, 5.41) is 0. The predicted molar refractivity (Wildman–Crippen MR) is 72.7 cm³/mol. The number of hydrogen-bond acceptors (Lipinski definition) is 4. The van der Waals surface area contributed by atoms with E-state index in [9.17, 15) is 17.6 Å². The molecule has 1 rings (SSSR count). The Hall–Kier alpha value is -1.31. The average molecular weight is 303 g/mol. The minimum Gasteiger partial charge on any atom is -0.385 e. The third kappa shape index (κ3) is 4.36. The standard InChI is InChI=1S/C13H18FNO4S/c1-3-12(16)10-5-6-11(14)13(9-10)20(17,18)15-7-4-8-19-2/h5-6,9,15H,3-4,7-8H2,1-2H3. The maximum atomic E-state index is 13.7. The molecular weight excluding hydrogens is 285 g/mol. The van der Waals surface area contributed by atoms with Crippen LogP contribution in [0.2, 0.25) is 0 Å². The van der Waals surface area contributed by atoms with Crippen LogP contribution in [0.3, 0.4) is 0 Å². The van der Waals surface area contributed by atoms with Crippen molar-refractivity contribution in [1.29, 1.82) is 0 Å². The van der Waals surface area contributed by atoms with E-state index in [4.69, 9.17) is 4.74 Å². The van der Waals surface area contributed by atoms with Crippen molar-refractivity contribution < 1.29 is 22.3 Å². The molecule has 20 heavy (non-hydrogen) atoms. The van der Waals surface area contributed by atoms with Gasteiger partial charge in [-0.05, 0) is 24.6 Å². The normalized spacial score (nSPS) is 11.6. The summed E-state index contributed by atoms with van der Waals surface area (Å²) in [6, 6.07) is 3.34. The van der Waals surface area contributed by atoms with E-state index in [1.165, 1.54) is 13.2 Å². The van der Waals surface area contributed by atoms with Crippen molar-refractivity contribution in [2.45, 2.75) is 24.7 Å². The minimum absolute atomic E-state index is 0.140. The number of Topliss-reactive ketones (excluding diaryl/α,β-unsaturated/α-hetero) is 1. The van der Waals surface area contributed by atoms with E-state index in [-0.39, 0.29) is 24.3 Å². The smallest absolute Gasteiger partial charge is 0.243 e. The van der Waals surface area contributed by atoms with Gasteiger partial charge < -0.3 is 4.74 Å². The molecule has 0 aliphatic rings. The number of rotatable bonds is 8. The molecule has 0 aromatic heterocycles. The topological polar surface area (TPSA) is 72.5 Å². The van der Waals surface area contributed by atoms with Crippen LogP contribution in [0, 0.1) is 5.82 Å². The zero-order valence-electron chi connectivity index (χ0n) is 11.5. The SMILES string of the molecule is CCC(=O)c1ccc(F)c(S(=O)(=O)NCCCOC)c1. The van der Waals surface area contributed by atoms with Crippen molar-refractivity contribution >= 4 is 15.8 Å². The van der Waals surface area contributed by atoms with Crippen LogP contribution in [0.25, 0.3) is 0 Å². The quantitative estimate of drug-likeness (QED) is 0.586. The Morgan fingerprint density at radius 1 is 1.40 bits per heavy atom. The first-order chi connectivity index (χ1) is 9.42. The van der Waals surface area contributed by atoms with Gasteiger partial charge in [-0.25, -0.2) is 17.5 Å². The van der Waals surface area contributed by atoms with Crippen molar-refractivity contribution in [3.63, 3.8) is 0 Å². The number of sulfonamides is 1. The molecule has 0 atom stereocenters. The number of benzene rings is 1. The second-order valence-corrected chi connectivity index (χ2v) is 5.90. The maximum Gasteiger partial charge on any atom is 0.243 e. The summed E-state index contributed by atoms with van der Waals surface area (Å²) in [7, 11) is -2.46. The molecule has 1 N–H and O–H groups in total. The van der Waals surface area contributed by atoms with Gasteiger partial charge in [0.25, 0.3) is 0 Å². The fourth-order valence-corrected chi connectivity index (χ4v) is 2.76. The van der Waals surface area contributed by atoms with Gasteiger partial charge in [-0.3, -0.25) is 4.79 Å². The Bertz CT molecular complexity index is 572. The van der Waals surface area contributed by atoms with Crippen molar-refractivity contribution in [2.24, 2.45) is 0 Å². The summed E-state index contributed by atoms with van der Waals surface area (Å²) in [4.78, 5) is 11.0. The Kier molecular flexibility index (Phi) is 6.25. The number of carbonyl (C=O) groups excluding carboxylic acids is 1. The second-order valence-electron chi connectivity index (χ2n) is 4.17. The van der Waals surface area contributed by atoms with Crippen LogP contribution in [0.1, 0.15) is 30.1 Å². The third-order valence-electron chi connectivity index (χ3n) is 2.68. The summed E-state index contributed by atoms with van der Waals surface area (Å²) >= 11 is 0. The molecule has 0 radical (unpaired) electrons. The van der Waals surface area contributed by atoms with Crippen LogP contribution in [0.4, 0.5) is 4.39 Å². The van der Waals surface area contributed by atoms with E-state index in [2.05, 4.69) is 4.72 Å². The highest BCUT2D eigenvalue weighted by atomic mass is 32.2. The van der Waals surface area contributed by atoms with Gasteiger partial charge in [-0.1, -0.05) is 6.92 Å². The Balaban J connectivity index is 2.96. The van der Waals surface area contributed by atoms with E-state index in [1.807, 2.05) is 0 Å². The largest absolute Gasteiger partial charge is 0.385 e. The molecule has 0 unspecified atom stereocenters. The van der Waals surface area contributed by atoms with E-state index < -0.39 is 20.7 Å². The monoisotopic (exact) mass is 303 g/mol. The lowest BCUT2D eigenvalue weighted by Gasteiger charge is -2.09. The number of methoxy groups -OCH3 is 1. The van der Waals surface area contributed by atoms with Gasteiger partial charge in [-0.2, -0.15) is 0 Å². The Morgan fingerprint density at radius 3 is 2.70 bits per heavy atom. The fraction of sp³-hybridized carbons (Fsp3) is 0.462. The zero-order chi connectivity index (χ0) is 15.2. The molecule has 0 spiro atoms. The number of carbonyl (C=O) groups is 1. The van der Waals surface area contributed by atoms with Crippen molar-refractivity contribution in [2.75, 3.05) is 20.3 Å². The van der Waals surface area contributed by atoms with E-state index in [0.717, 1.165) is 12.1 Å². The van der Waals surface area contributed by atoms with Gasteiger partial charge in [0.2, 0.25) is 10.0 Å². The van der Waals surface area contributed by atoms with E-state index in [0.29, 0.717) is 13.0 Å². The van der Waals surface area contributed by atoms with E-state index >= 15 is 0 Å². The van der Waals surface area contributed by atoms with E-state index in [1.54, 1.807) is 6.92 Å². The molecule has 0 fully saturated rings. The van der Waals surface area contributed by atoms with Crippen molar-refractivity contribution in [3.05, 3.63) is 29.6 Å². The van der Waals surface area contributed by atoms with Crippen molar-refractivity contribution in [1.82, 2.24) is 4.72 Å². The van der Waals surface area contributed by atoms with Gasteiger partial charge in [0.15, 0.2) is 5.78 Å². The number of nitrogens with one attached hydrogen (secondary N) is 1.